The lowest BCUT2D eigenvalue weighted by Crippen LogP contribution is -2.29. The van der Waals surface area contributed by atoms with E-state index in [1.165, 1.54) is 24.6 Å². The molecule has 0 amide bonds. The van der Waals surface area contributed by atoms with E-state index in [1.54, 1.807) is 10.8 Å². The molecule has 31 heavy (non-hydrogen) atoms. The minimum absolute atomic E-state index is 0.114. The lowest BCUT2D eigenvalue weighted by Gasteiger charge is -2.33. The van der Waals surface area contributed by atoms with Gasteiger partial charge in [0.2, 0.25) is 5.88 Å². The van der Waals surface area contributed by atoms with Gasteiger partial charge in [-0.3, -0.25) is 24.3 Å². The van der Waals surface area contributed by atoms with Crippen LogP contribution >= 0.6 is 12.2 Å². The number of aromatic nitrogens is 3. The van der Waals surface area contributed by atoms with E-state index in [4.69, 9.17) is 12.2 Å². The van der Waals surface area contributed by atoms with Crippen molar-refractivity contribution in [3.8, 4) is 5.88 Å². The summed E-state index contributed by atoms with van der Waals surface area (Å²) < 4.78 is 1.84. The Hall–Kier alpha value is -2.74. The quantitative estimate of drug-likeness (QED) is 0.394. The molecule has 7 nitrogen and oxygen atoms in total. The van der Waals surface area contributed by atoms with E-state index >= 15 is 0 Å². The fourth-order valence-corrected chi connectivity index (χ4v) is 4.65. The van der Waals surface area contributed by atoms with Crippen molar-refractivity contribution in [3.05, 3.63) is 62.4 Å². The molecule has 164 valence electrons. The van der Waals surface area contributed by atoms with Crippen LogP contribution in [0, 0.1) is 4.77 Å². The minimum Gasteiger partial charge on any atom is -0.494 e. The monoisotopic (exact) mass is 439 g/mol. The van der Waals surface area contributed by atoms with E-state index in [-0.39, 0.29) is 22.3 Å². The molecule has 0 saturated carbocycles. The van der Waals surface area contributed by atoms with E-state index in [0.29, 0.717) is 6.54 Å². The second kappa shape index (κ2) is 10.0. The highest BCUT2D eigenvalue weighted by Gasteiger charge is 2.23. The van der Waals surface area contributed by atoms with Crippen LogP contribution in [0.2, 0.25) is 0 Å². The molecule has 3 heterocycles. The Balaban J connectivity index is 1.57. The molecule has 1 atom stereocenters. The number of allylic oxidation sites excluding steroid dienone is 2. The summed E-state index contributed by atoms with van der Waals surface area (Å²) in [6, 6.07) is 4.09. The Bertz CT molecular complexity index is 1070. The predicted octanol–water partition coefficient (Wildman–Crippen LogP) is 4.46. The third-order valence-electron chi connectivity index (χ3n) is 6.13. The van der Waals surface area contributed by atoms with Gasteiger partial charge in [0.1, 0.15) is 5.56 Å². The number of aromatic hydroxyl groups is 1. The molecular weight excluding hydrogens is 410 g/mol. The summed E-state index contributed by atoms with van der Waals surface area (Å²) >= 11 is 5.31. The largest absolute Gasteiger partial charge is 0.494 e. The second-order valence-corrected chi connectivity index (χ2v) is 8.60. The van der Waals surface area contributed by atoms with Gasteiger partial charge in [0, 0.05) is 25.5 Å². The Morgan fingerprint density at radius 3 is 3.00 bits per heavy atom. The van der Waals surface area contributed by atoms with Crippen LogP contribution < -0.4 is 5.56 Å². The van der Waals surface area contributed by atoms with Crippen LogP contribution in [0.15, 0.2) is 46.1 Å². The third-order valence-corrected chi connectivity index (χ3v) is 6.45. The molecule has 1 fully saturated rings. The van der Waals surface area contributed by atoms with Gasteiger partial charge in [-0.15, -0.1) is 0 Å². The highest BCUT2D eigenvalue weighted by molar-refractivity contribution is 7.71. The van der Waals surface area contributed by atoms with Gasteiger partial charge in [-0.2, -0.15) is 5.10 Å². The van der Waals surface area contributed by atoms with Gasteiger partial charge in [0.05, 0.1) is 12.3 Å². The maximum atomic E-state index is 12.5. The number of piperidine rings is 1. The Kier molecular flexibility index (Phi) is 6.96. The van der Waals surface area contributed by atoms with Crippen molar-refractivity contribution >= 4 is 18.4 Å². The van der Waals surface area contributed by atoms with Gasteiger partial charge < -0.3 is 5.11 Å². The van der Waals surface area contributed by atoms with E-state index in [1.807, 2.05) is 17.3 Å². The van der Waals surface area contributed by atoms with Gasteiger partial charge in [-0.05, 0) is 75.2 Å². The van der Waals surface area contributed by atoms with Crippen molar-refractivity contribution in [2.45, 2.75) is 64.0 Å². The predicted molar refractivity (Wildman–Crippen MR) is 124 cm³/mol. The molecule has 1 saturated heterocycles. The zero-order valence-corrected chi connectivity index (χ0v) is 18.5. The fourth-order valence-electron chi connectivity index (χ4n) is 4.38. The zero-order valence-electron chi connectivity index (χ0n) is 17.7. The Morgan fingerprint density at radius 1 is 1.32 bits per heavy atom. The van der Waals surface area contributed by atoms with E-state index in [9.17, 15) is 9.90 Å². The average molecular weight is 440 g/mol. The van der Waals surface area contributed by atoms with Crippen LogP contribution in [0.1, 0.15) is 68.5 Å². The Morgan fingerprint density at radius 2 is 2.23 bits per heavy atom. The molecule has 2 aromatic heterocycles. The maximum Gasteiger partial charge on any atom is 0.264 e. The number of hydrogen-bond donors (Lipinski definition) is 2. The molecule has 2 N–H and O–H groups in total. The lowest BCUT2D eigenvalue weighted by atomic mass is 9.97. The van der Waals surface area contributed by atoms with Crippen molar-refractivity contribution in [3.63, 3.8) is 0 Å². The van der Waals surface area contributed by atoms with Crippen molar-refractivity contribution in [1.29, 1.82) is 0 Å². The van der Waals surface area contributed by atoms with Crippen LogP contribution in [0.3, 0.4) is 0 Å². The second-order valence-electron chi connectivity index (χ2n) is 8.21. The number of H-pyrrole nitrogens is 1. The summed E-state index contributed by atoms with van der Waals surface area (Å²) in [6.07, 6.45) is 16.0. The number of pyridine rings is 1. The highest BCUT2D eigenvalue weighted by Crippen LogP contribution is 2.30. The first-order valence-electron chi connectivity index (χ1n) is 11.1. The smallest absolute Gasteiger partial charge is 0.264 e. The summed E-state index contributed by atoms with van der Waals surface area (Å²) in [5.74, 6) is -0.121. The number of nitrogens with one attached hydrogen (secondary N) is 1. The number of hydrogen-bond acceptors (Lipinski definition) is 6. The first-order chi connectivity index (χ1) is 15.1. The van der Waals surface area contributed by atoms with Gasteiger partial charge in [0.15, 0.2) is 4.77 Å². The molecule has 0 radical (unpaired) electrons. The molecule has 1 aliphatic carbocycles. The highest BCUT2D eigenvalue weighted by atomic mass is 32.1. The van der Waals surface area contributed by atoms with Gasteiger partial charge >= 0.3 is 0 Å². The topological polar surface area (TPSA) is 86.5 Å². The van der Waals surface area contributed by atoms with Gasteiger partial charge in [-0.25, -0.2) is 0 Å². The normalized spacial score (nSPS) is 19.5. The molecule has 0 aromatic carbocycles. The molecule has 2 aliphatic rings. The minimum atomic E-state index is -0.422. The van der Waals surface area contributed by atoms with E-state index < -0.39 is 5.56 Å². The van der Waals surface area contributed by atoms with Crippen molar-refractivity contribution in [2.24, 2.45) is 5.10 Å². The molecule has 0 bridgehead atoms. The summed E-state index contributed by atoms with van der Waals surface area (Å²) in [5.41, 5.74) is 2.21. The molecular formula is C23H29N5O2S. The lowest BCUT2D eigenvalue weighted by molar-refractivity contribution is 0.156. The van der Waals surface area contributed by atoms with Gasteiger partial charge in [-0.1, -0.05) is 17.7 Å². The van der Waals surface area contributed by atoms with Crippen molar-refractivity contribution < 1.29 is 5.11 Å². The summed E-state index contributed by atoms with van der Waals surface area (Å²) in [6.45, 7) is 1.33. The number of nitrogens with zero attached hydrogens (tertiary/aromatic N) is 4. The zero-order chi connectivity index (χ0) is 21.6. The standard InChI is InChI=1S/C23H29N5O2S/c29-21-19(16-25-28-13-5-4-10-20(28)18-9-6-12-24-15-18)22(30)27(23(31)26-21)14-11-17-7-2-1-3-8-17/h6-7,9,12,15-16,20,30H,1-5,8,10-11,13-14H2,(H,26,29,31)/b25-16+. The van der Waals surface area contributed by atoms with Gasteiger partial charge in [0.25, 0.3) is 5.56 Å². The molecule has 1 unspecified atom stereocenters. The molecule has 1 aliphatic heterocycles. The third kappa shape index (κ3) is 5.12. The average Bonchev–Trinajstić information content (AvgIpc) is 2.80. The van der Waals surface area contributed by atoms with Crippen LogP contribution in [-0.4, -0.2) is 37.4 Å². The number of aromatic amines is 1. The van der Waals surface area contributed by atoms with E-state index in [2.05, 4.69) is 27.2 Å². The SMILES string of the molecule is O=c1[nH]c(=S)n(CCC2=CCCCC2)c(O)c1/C=N/N1CCCCC1c1cccnc1. The summed E-state index contributed by atoms with van der Waals surface area (Å²) in [4.78, 5) is 19.4. The van der Waals surface area contributed by atoms with Crippen LogP contribution in [0.4, 0.5) is 0 Å². The van der Waals surface area contributed by atoms with Crippen molar-refractivity contribution in [1.82, 2.24) is 19.5 Å². The van der Waals surface area contributed by atoms with Crippen molar-refractivity contribution in [2.75, 3.05) is 6.54 Å². The molecule has 8 heteroatoms. The number of hydrazone groups is 1. The van der Waals surface area contributed by atoms with Crippen LogP contribution in [-0.2, 0) is 6.54 Å². The summed E-state index contributed by atoms with van der Waals surface area (Å²) in [7, 11) is 0. The number of rotatable bonds is 6. The molecule has 2 aromatic rings. The Labute approximate surface area is 187 Å². The first kappa shape index (κ1) is 21.5. The molecule has 4 rings (SSSR count). The van der Waals surface area contributed by atoms with Crippen LogP contribution in [0.5, 0.6) is 5.88 Å². The first-order valence-corrected chi connectivity index (χ1v) is 11.5. The van der Waals surface area contributed by atoms with Crippen LogP contribution in [0.25, 0.3) is 0 Å². The maximum absolute atomic E-state index is 12.5. The fraction of sp³-hybridized carbons (Fsp3) is 0.478. The van der Waals surface area contributed by atoms with E-state index in [0.717, 1.165) is 50.6 Å². The molecule has 0 spiro atoms. The summed E-state index contributed by atoms with van der Waals surface area (Å²) in [5, 5.41) is 17.4.